The Morgan fingerprint density at radius 2 is 1.60 bits per heavy atom. The molecule has 0 unspecified atom stereocenters. The molecule has 0 spiro atoms. The van der Waals surface area contributed by atoms with E-state index in [9.17, 15) is 0 Å². The summed E-state index contributed by atoms with van der Waals surface area (Å²) < 4.78 is 106. The van der Waals surface area contributed by atoms with Gasteiger partial charge in [-0.15, -0.1) is 53.6 Å². The molecule has 1 aliphatic carbocycles. The number of benzene rings is 3. The minimum atomic E-state index is -2.39. The zero-order chi connectivity index (χ0) is 45.0. The van der Waals surface area contributed by atoms with Crippen LogP contribution in [0, 0.1) is 45.0 Å². The van der Waals surface area contributed by atoms with E-state index in [1.165, 1.54) is 36.7 Å². The van der Waals surface area contributed by atoms with Gasteiger partial charge in [-0.3, -0.25) is 0 Å². The molecule has 4 nitrogen and oxygen atoms in total. The fourth-order valence-corrected chi connectivity index (χ4v) is 6.18. The standard InChI is InChI=1S/C32H31N2O.C13H12N.Ir/c1-20-19-33-29(27-7-5-6-25-26-13-8-21(2)34-31(26)35-30(25)27)18-28(20)24-11-9-22(10-12-24)23-14-16-32(3,4)17-15-23;1-10-3-6-12(7-4-10)13-8-5-11(2)9-14-13;/h5-6,8-13,18-19,23H,14-17H2,1-4H3;3-6,8-9H,1-2H3;/q2*-1;/i1D3,2D3,23D;1D3,2D3;. The van der Waals surface area contributed by atoms with Crippen LogP contribution in [0.3, 0.4) is 0 Å². The van der Waals surface area contributed by atoms with E-state index in [-0.39, 0.29) is 53.6 Å². The van der Waals surface area contributed by atoms with Gasteiger partial charge in [-0.05, 0) is 109 Å². The van der Waals surface area contributed by atoms with Gasteiger partial charge in [0.25, 0.3) is 0 Å². The minimum Gasteiger partial charge on any atom is -0.486 e. The second-order valence-corrected chi connectivity index (χ2v) is 13.1. The van der Waals surface area contributed by atoms with Crippen molar-refractivity contribution in [3.63, 3.8) is 0 Å². The zero-order valence-corrected chi connectivity index (χ0v) is 30.0. The number of aryl methyl sites for hydroxylation is 4. The number of aromatic nitrogens is 3. The van der Waals surface area contributed by atoms with E-state index >= 15 is 0 Å². The van der Waals surface area contributed by atoms with Crippen LogP contribution >= 0.6 is 0 Å². The van der Waals surface area contributed by atoms with Crippen LogP contribution < -0.4 is 0 Å². The monoisotopic (exact) mass is 847 g/mol. The van der Waals surface area contributed by atoms with E-state index in [1.54, 1.807) is 30.3 Å². The zero-order valence-electron chi connectivity index (χ0n) is 40.6. The Hall–Kier alpha value is -4.44. The van der Waals surface area contributed by atoms with Gasteiger partial charge in [0.15, 0.2) is 0 Å². The van der Waals surface area contributed by atoms with Crippen molar-refractivity contribution in [2.45, 2.75) is 72.8 Å². The fraction of sp³-hybridized carbons (Fsp3) is 0.267. The first-order chi connectivity index (χ1) is 28.8. The average molecular weight is 847 g/mol. The van der Waals surface area contributed by atoms with Crippen molar-refractivity contribution in [2.75, 3.05) is 0 Å². The van der Waals surface area contributed by atoms with Gasteiger partial charge < -0.3 is 14.4 Å². The first-order valence-electron chi connectivity index (χ1n) is 22.7. The number of hydrogen-bond donors (Lipinski definition) is 0. The third-order valence-corrected chi connectivity index (χ3v) is 9.12. The first-order valence-corrected chi connectivity index (χ1v) is 16.2. The maximum atomic E-state index is 9.12. The van der Waals surface area contributed by atoms with Crippen LogP contribution in [-0.2, 0) is 20.1 Å². The molecule has 7 aromatic rings. The molecule has 4 heterocycles. The quantitative estimate of drug-likeness (QED) is 0.166. The maximum absolute atomic E-state index is 9.12. The van der Waals surface area contributed by atoms with Crippen molar-refractivity contribution in [2.24, 2.45) is 5.41 Å². The number of rotatable bonds is 4. The summed E-state index contributed by atoms with van der Waals surface area (Å²) in [6, 6.07) is 29.7. The Morgan fingerprint density at radius 1 is 0.800 bits per heavy atom. The van der Waals surface area contributed by atoms with Crippen LogP contribution in [0.25, 0.3) is 55.7 Å². The Morgan fingerprint density at radius 3 is 2.30 bits per heavy atom. The number of pyridine rings is 3. The second-order valence-electron chi connectivity index (χ2n) is 13.1. The van der Waals surface area contributed by atoms with Crippen molar-refractivity contribution in [1.82, 2.24) is 15.0 Å². The van der Waals surface area contributed by atoms with Crippen LogP contribution in [-0.4, -0.2) is 15.0 Å². The van der Waals surface area contributed by atoms with Gasteiger partial charge >= 0.3 is 0 Å². The van der Waals surface area contributed by atoms with E-state index in [1.807, 2.05) is 30.3 Å². The Labute approximate surface area is 328 Å². The molecule has 5 heteroatoms. The van der Waals surface area contributed by atoms with Gasteiger partial charge in [0.05, 0.1) is 5.58 Å². The van der Waals surface area contributed by atoms with Crippen LogP contribution in [0.1, 0.15) is 91.2 Å². The Bertz CT molecular complexity index is 2650. The predicted octanol–water partition coefficient (Wildman–Crippen LogP) is 12.0. The van der Waals surface area contributed by atoms with Gasteiger partial charge in [-0.25, -0.2) is 4.98 Å². The van der Waals surface area contributed by atoms with Crippen molar-refractivity contribution in [1.29, 1.82) is 0 Å². The molecule has 0 amide bonds. The molecule has 50 heavy (non-hydrogen) atoms. The topological polar surface area (TPSA) is 51.8 Å². The Kier molecular flexibility index (Phi) is 6.63. The molecular weight excluding hydrogens is 791 g/mol. The van der Waals surface area contributed by atoms with Crippen molar-refractivity contribution < 1.29 is 42.3 Å². The number of nitrogens with zero attached hydrogens (tertiary/aromatic N) is 3. The van der Waals surface area contributed by atoms with Crippen molar-refractivity contribution in [3.05, 3.63) is 137 Å². The first kappa shape index (κ1) is 22.4. The molecule has 8 rings (SSSR count). The minimum absolute atomic E-state index is 0. The van der Waals surface area contributed by atoms with Gasteiger partial charge in [0.1, 0.15) is 0 Å². The summed E-state index contributed by atoms with van der Waals surface area (Å²) in [5.41, 5.74) is 5.66. The smallest absolute Gasteiger partial charge is 0.216 e. The van der Waals surface area contributed by atoms with E-state index in [0.717, 1.165) is 36.6 Å². The van der Waals surface area contributed by atoms with Crippen molar-refractivity contribution in [3.8, 4) is 33.6 Å². The van der Waals surface area contributed by atoms with Crippen LogP contribution in [0.5, 0.6) is 0 Å². The average Bonchev–Trinajstić information content (AvgIpc) is 3.59. The fourth-order valence-electron chi connectivity index (χ4n) is 6.18. The van der Waals surface area contributed by atoms with E-state index < -0.39 is 33.3 Å². The normalized spacial score (nSPS) is 19.7. The predicted molar refractivity (Wildman–Crippen MR) is 201 cm³/mol. The molecule has 4 aromatic heterocycles. The molecule has 0 atom stereocenters. The molecule has 1 saturated carbocycles. The summed E-state index contributed by atoms with van der Waals surface area (Å²) in [6.07, 6.45) is 6.24. The summed E-state index contributed by atoms with van der Waals surface area (Å²) in [5, 5.41) is 1.39. The second kappa shape index (κ2) is 14.8. The molecule has 0 N–H and O–H groups in total. The molecule has 1 fully saturated rings. The molecule has 0 saturated heterocycles. The summed E-state index contributed by atoms with van der Waals surface area (Å²) >= 11 is 0. The number of furan rings is 1. The summed E-state index contributed by atoms with van der Waals surface area (Å²) in [5.74, 6) is -0.649. The molecule has 0 bridgehead atoms. The van der Waals surface area contributed by atoms with E-state index in [2.05, 4.69) is 40.9 Å². The molecular formula is C45H43IrN3O-2. The third-order valence-electron chi connectivity index (χ3n) is 9.12. The molecule has 1 aliphatic rings. The van der Waals surface area contributed by atoms with Crippen molar-refractivity contribution >= 4 is 22.1 Å². The Balaban J connectivity index is 0.000000265. The summed E-state index contributed by atoms with van der Waals surface area (Å²) in [6.45, 7) is -4.60. The van der Waals surface area contributed by atoms with Crippen LogP contribution in [0.2, 0.25) is 0 Å². The SMILES string of the molecule is [2H]C([2H])([2H])c1c[c-]c(-c2ccc(C([2H])([2H])[2H])cn2)cc1.[2H]C([2H])([2H])c1ccc2c(n1)oc1c(-c3cc(-c4ccc(C5([2H])CCC(C)(C)CC5)cc4)c(C([2H])([2H])[2H])cn3)[c-]ccc12.[Ir]. The summed E-state index contributed by atoms with van der Waals surface area (Å²) in [4.78, 5) is 12.8. The number of fused-ring (bicyclic) bond motifs is 3. The van der Waals surface area contributed by atoms with Gasteiger partial charge in [0.2, 0.25) is 5.71 Å². The van der Waals surface area contributed by atoms with Gasteiger partial charge in [0, 0.05) is 61.4 Å². The largest absolute Gasteiger partial charge is 0.486 e. The molecule has 3 aromatic carbocycles. The van der Waals surface area contributed by atoms with Crippen LogP contribution in [0.15, 0.2) is 102 Å². The molecule has 255 valence electrons. The van der Waals surface area contributed by atoms with Gasteiger partial charge in [-0.1, -0.05) is 74.1 Å². The van der Waals surface area contributed by atoms with E-state index in [4.69, 9.17) is 22.2 Å². The molecule has 1 radical (unpaired) electrons. The van der Waals surface area contributed by atoms with E-state index in [0.29, 0.717) is 44.6 Å². The van der Waals surface area contributed by atoms with Crippen LogP contribution in [0.4, 0.5) is 0 Å². The third kappa shape index (κ3) is 7.65. The molecule has 0 aliphatic heterocycles. The maximum Gasteiger partial charge on any atom is 0.216 e. The number of hydrogen-bond acceptors (Lipinski definition) is 4. The summed E-state index contributed by atoms with van der Waals surface area (Å²) in [7, 11) is 0. The van der Waals surface area contributed by atoms with Gasteiger partial charge in [-0.2, -0.15) is 0 Å².